The van der Waals surface area contributed by atoms with E-state index in [1.54, 1.807) is 0 Å². The summed E-state index contributed by atoms with van der Waals surface area (Å²) in [5.74, 6) is -1.59. The van der Waals surface area contributed by atoms with Gasteiger partial charge in [0.15, 0.2) is 0 Å². The summed E-state index contributed by atoms with van der Waals surface area (Å²) in [6.07, 6.45) is 0. The molecule has 1 heterocycles. The Labute approximate surface area is 155 Å². The van der Waals surface area contributed by atoms with Gasteiger partial charge in [-0.25, -0.2) is 14.2 Å². The zero-order valence-corrected chi connectivity index (χ0v) is 14.6. The molecule has 0 saturated carbocycles. The number of hydrogen-bond acceptors (Lipinski definition) is 2. The lowest BCUT2D eigenvalue weighted by atomic mass is 10.00. The van der Waals surface area contributed by atoms with E-state index >= 15 is 0 Å². The van der Waals surface area contributed by atoms with E-state index in [1.807, 2.05) is 49.4 Å². The van der Waals surface area contributed by atoms with Gasteiger partial charge in [0.2, 0.25) is 0 Å². The summed E-state index contributed by atoms with van der Waals surface area (Å²) in [7, 11) is 0. The molecule has 0 bridgehead atoms. The molecule has 132 valence electrons. The van der Waals surface area contributed by atoms with Crippen molar-refractivity contribution in [3.8, 4) is 22.4 Å². The van der Waals surface area contributed by atoms with Crippen molar-refractivity contribution in [2.75, 3.05) is 0 Å². The first-order valence-electron chi connectivity index (χ1n) is 8.52. The van der Waals surface area contributed by atoms with E-state index < -0.39 is 11.8 Å². The molecule has 1 N–H and O–H groups in total. The standard InChI is InChI=1S/C23H16FNO2/c1-14-3-2-4-17(11-14)15-5-7-16(8-6-15)22-13-20(23(26)27)19-12-18(24)9-10-21(19)25-22/h2-13H,1H3,(H,26,27). The van der Waals surface area contributed by atoms with E-state index in [0.717, 1.165) is 16.7 Å². The Morgan fingerprint density at radius 2 is 1.63 bits per heavy atom. The lowest BCUT2D eigenvalue weighted by molar-refractivity contribution is 0.0699. The molecule has 1 aromatic heterocycles. The number of halogens is 1. The molecule has 0 spiro atoms. The number of aromatic nitrogens is 1. The third kappa shape index (κ3) is 3.29. The van der Waals surface area contributed by atoms with Gasteiger partial charge in [-0.1, -0.05) is 54.1 Å². The topological polar surface area (TPSA) is 50.2 Å². The molecule has 3 nitrogen and oxygen atoms in total. The summed E-state index contributed by atoms with van der Waals surface area (Å²) >= 11 is 0. The normalized spacial score (nSPS) is 10.9. The van der Waals surface area contributed by atoms with Crippen molar-refractivity contribution >= 4 is 16.9 Å². The fraction of sp³-hybridized carbons (Fsp3) is 0.0435. The highest BCUT2D eigenvalue weighted by Gasteiger charge is 2.14. The van der Waals surface area contributed by atoms with Crippen molar-refractivity contribution in [2.24, 2.45) is 0 Å². The number of hydrogen-bond donors (Lipinski definition) is 1. The van der Waals surface area contributed by atoms with Gasteiger partial charge in [-0.05, 0) is 42.3 Å². The summed E-state index contributed by atoms with van der Waals surface area (Å²) in [5.41, 5.74) is 5.22. The SMILES string of the molecule is Cc1cccc(-c2ccc(-c3cc(C(=O)O)c4cc(F)ccc4n3)cc2)c1. The second-order valence-electron chi connectivity index (χ2n) is 6.47. The zero-order valence-electron chi connectivity index (χ0n) is 14.6. The molecule has 3 aromatic carbocycles. The predicted molar refractivity (Wildman–Crippen MR) is 104 cm³/mol. The number of carbonyl (C=O) groups is 1. The Bertz CT molecular complexity index is 1170. The summed E-state index contributed by atoms with van der Waals surface area (Å²) in [5, 5.41) is 9.81. The number of benzene rings is 3. The Morgan fingerprint density at radius 3 is 2.33 bits per heavy atom. The van der Waals surface area contributed by atoms with Crippen LogP contribution < -0.4 is 0 Å². The average molecular weight is 357 g/mol. The summed E-state index contributed by atoms with van der Waals surface area (Å²) in [4.78, 5) is 16.1. The van der Waals surface area contributed by atoms with Crippen LogP contribution in [0.15, 0.2) is 72.8 Å². The molecule has 4 heteroatoms. The molecule has 0 fully saturated rings. The molecule has 0 atom stereocenters. The van der Waals surface area contributed by atoms with Crippen LogP contribution in [0.2, 0.25) is 0 Å². The third-order valence-electron chi connectivity index (χ3n) is 4.53. The van der Waals surface area contributed by atoms with Crippen molar-refractivity contribution in [3.63, 3.8) is 0 Å². The number of rotatable bonds is 3. The molecule has 4 aromatic rings. The number of fused-ring (bicyclic) bond motifs is 1. The molecule has 27 heavy (non-hydrogen) atoms. The molecule has 0 aliphatic rings. The first-order valence-corrected chi connectivity index (χ1v) is 8.52. The van der Waals surface area contributed by atoms with Gasteiger partial charge in [0.25, 0.3) is 0 Å². The summed E-state index contributed by atoms with van der Waals surface area (Å²) < 4.78 is 13.5. The average Bonchev–Trinajstić information content (AvgIpc) is 2.67. The van der Waals surface area contributed by atoms with E-state index in [9.17, 15) is 14.3 Å². The van der Waals surface area contributed by atoms with Crippen molar-refractivity contribution < 1.29 is 14.3 Å². The lowest BCUT2D eigenvalue weighted by Gasteiger charge is -2.09. The van der Waals surface area contributed by atoms with Crippen LogP contribution in [0, 0.1) is 12.7 Å². The molecule has 0 saturated heterocycles. The van der Waals surface area contributed by atoms with Crippen molar-refractivity contribution in [1.29, 1.82) is 0 Å². The monoisotopic (exact) mass is 357 g/mol. The molecular formula is C23H16FNO2. The highest BCUT2D eigenvalue weighted by Crippen LogP contribution is 2.28. The lowest BCUT2D eigenvalue weighted by Crippen LogP contribution is -2.00. The smallest absolute Gasteiger partial charge is 0.336 e. The van der Waals surface area contributed by atoms with Gasteiger partial charge in [-0.15, -0.1) is 0 Å². The minimum Gasteiger partial charge on any atom is -0.478 e. The van der Waals surface area contributed by atoms with Gasteiger partial charge in [0.1, 0.15) is 5.82 Å². The van der Waals surface area contributed by atoms with Gasteiger partial charge < -0.3 is 5.11 Å². The van der Waals surface area contributed by atoms with Crippen LogP contribution in [-0.2, 0) is 0 Å². The maximum Gasteiger partial charge on any atom is 0.336 e. The van der Waals surface area contributed by atoms with Crippen LogP contribution in [0.4, 0.5) is 4.39 Å². The van der Waals surface area contributed by atoms with Crippen LogP contribution in [0.25, 0.3) is 33.3 Å². The quantitative estimate of drug-likeness (QED) is 0.510. The first kappa shape index (κ1) is 16.9. The fourth-order valence-corrected chi connectivity index (χ4v) is 3.18. The maximum atomic E-state index is 13.5. The predicted octanol–water partition coefficient (Wildman–Crippen LogP) is 5.71. The largest absolute Gasteiger partial charge is 0.478 e. The molecule has 0 radical (unpaired) electrons. The van der Waals surface area contributed by atoms with Crippen LogP contribution in [0.3, 0.4) is 0 Å². The Morgan fingerprint density at radius 1 is 0.889 bits per heavy atom. The maximum absolute atomic E-state index is 13.5. The van der Waals surface area contributed by atoms with E-state index in [-0.39, 0.29) is 5.56 Å². The van der Waals surface area contributed by atoms with Crippen LogP contribution in [-0.4, -0.2) is 16.1 Å². The van der Waals surface area contributed by atoms with E-state index in [0.29, 0.717) is 16.6 Å². The Balaban J connectivity index is 1.80. The van der Waals surface area contributed by atoms with Gasteiger partial charge in [-0.3, -0.25) is 0 Å². The van der Waals surface area contributed by atoms with Gasteiger partial charge in [-0.2, -0.15) is 0 Å². The zero-order chi connectivity index (χ0) is 19.0. The van der Waals surface area contributed by atoms with Crippen LogP contribution in [0.1, 0.15) is 15.9 Å². The molecule has 4 rings (SSSR count). The first-order chi connectivity index (χ1) is 13.0. The van der Waals surface area contributed by atoms with Crippen LogP contribution in [0.5, 0.6) is 0 Å². The summed E-state index contributed by atoms with van der Waals surface area (Å²) in [6.45, 7) is 2.05. The van der Waals surface area contributed by atoms with E-state index in [1.165, 1.54) is 29.8 Å². The Hall–Kier alpha value is -3.53. The van der Waals surface area contributed by atoms with Gasteiger partial charge in [0.05, 0.1) is 16.8 Å². The fourth-order valence-electron chi connectivity index (χ4n) is 3.18. The minimum atomic E-state index is -1.11. The molecule has 0 aliphatic carbocycles. The molecule has 0 amide bonds. The van der Waals surface area contributed by atoms with Crippen LogP contribution >= 0.6 is 0 Å². The van der Waals surface area contributed by atoms with Crippen molar-refractivity contribution in [1.82, 2.24) is 4.98 Å². The molecular weight excluding hydrogens is 341 g/mol. The summed E-state index contributed by atoms with van der Waals surface area (Å²) in [6, 6.07) is 21.5. The number of nitrogens with zero attached hydrogens (tertiary/aromatic N) is 1. The highest BCUT2D eigenvalue weighted by atomic mass is 19.1. The minimum absolute atomic E-state index is 0.0391. The van der Waals surface area contributed by atoms with E-state index in [2.05, 4.69) is 11.1 Å². The highest BCUT2D eigenvalue weighted by molar-refractivity contribution is 6.03. The Kier molecular flexibility index (Phi) is 4.16. The number of carboxylic acid groups (broad SMARTS) is 1. The second-order valence-corrected chi connectivity index (χ2v) is 6.47. The van der Waals surface area contributed by atoms with Gasteiger partial charge in [0, 0.05) is 10.9 Å². The number of carboxylic acids is 1. The third-order valence-corrected chi connectivity index (χ3v) is 4.53. The second kappa shape index (κ2) is 6.65. The number of pyridine rings is 1. The number of aryl methyl sites for hydroxylation is 1. The van der Waals surface area contributed by atoms with Crippen molar-refractivity contribution in [2.45, 2.75) is 6.92 Å². The molecule has 0 unspecified atom stereocenters. The molecule has 0 aliphatic heterocycles. The van der Waals surface area contributed by atoms with E-state index in [4.69, 9.17) is 0 Å². The van der Waals surface area contributed by atoms with Gasteiger partial charge >= 0.3 is 5.97 Å². The number of aromatic carboxylic acids is 1. The van der Waals surface area contributed by atoms with Crippen molar-refractivity contribution in [3.05, 3.63) is 89.7 Å².